The van der Waals surface area contributed by atoms with Gasteiger partial charge in [0.25, 0.3) is 0 Å². The summed E-state index contributed by atoms with van der Waals surface area (Å²) in [7, 11) is 1.97. The molecular formula is C12H22BrN3O. The number of aromatic nitrogens is 2. The molecule has 5 heteroatoms. The molecule has 0 bridgehead atoms. The zero-order valence-electron chi connectivity index (χ0n) is 10.9. The molecule has 0 spiro atoms. The van der Waals surface area contributed by atoms with Gasteiger partial charge in [-0.05, 0) is 42.2 Å². The third kappa shape index (κ3) is 4.41. The lowest BCUT2D eigenvalue weighted by atomic mass is 10.1. The zero-order valence-corrected chi connectivity index (χ0v) is 12.5. The van der Waals surface area contributed by atoms with Crippen molar-refractivity contribution in [2.24, 2.45) is 7.05 Å². The molecule has 0 aliphatic heterocycles. The number of hydrogen-bond acceptors (Lipinski definition) is 3. The van der Waals surface area contributed by atoms with E-state index >= 15 is 0 Å². The molecule has 0 aromatic carbocycles. The lowest BCUT2D eigenvalue weighted by Gasteiger charge is -2.19. The largest absolute Gasteiger partial charge is 0.382 e. The summed E-state index contributed by atoms with van der Waals surface area (Å²) in [5, 5.41) is 7.80. The van der Waals surface area contributed by atoms with Crippen LogP contribution < -0.4 is 5.32 Å². The van der Waals surface area contributed by atoms with Crippen molar-refractivity contribution in [3.05, 3.63) is 16.4 Å². The first-order valence-electron chi connectivity index (χ1n) is 6.19. The van der Waals surface area contributed by atoms with Crippen molar-refractivity contribution in [1.82, 2.24) is 15.1 Å². The Hall–Kier alpha value is -0.390. The first kappa shape index (κ1) is 14.7. The van der Waals surface area contributed by atoms with Gasteiger partial charge in [-0.25, -0.2) is 0 Å². The Morgan fingerprint density at radius 3 is 2.82 bits per heavy atom. The second kappa shape index (κ2) is 7.84. The smallest absolute Gasteiger partial charge is 0.0693 e. The minimum absolute atomic E-state index is 0.295. The van der Waals surface area contributed by atoms with Gasteiger partial charge in [-0.1, -0.05) is 6.92 Å². The average molecular weight is 304 g/mol. The summed E-state index contributed by atoms with van der Waals surface area (Å²) in [6.07, 6.45) is 3.93. The van der Waals surface area contributed by atoms with E-state index in [0.29, 0.717) is 6.04 Å². The molecule has 4 nitrogen and oxygen atoms in total. The highest BCUT2D eigenvalue weighted by Crippen LogP contribution is 2.24. The van der Waals surface area contributed by atoms with Gasteiger partial charge in [-0.3, -0.25) is 4.68 Å². The molecule has 0 fully saturated rings. The molecular weight excluding hydrogens is 282 g/mol. The van der Waals surface area contributed by atoms with Crippen LogP contribution in [0.25, 0.3) is 0 Å². The van der Waals surface area contributed by atoms with E-state index < -0.39 is 0 Å². The lowest BCUT2D eigenvalue weighted by Crippen LogP contribution is -2.26. The van der Waals surface area contributed by atoms with E-state index in [0.717, 1.165) is 37.1 Å². The fourth-order valence-corrected chi connectivity index (χ4v) is 2.44. The van der Waals surface area contributed by atoms with Crippen LogP contribution in [-0.4, -0.2) is 29.5 Å². The van der Waals surface area contributed by atoms with Gasteiger partial charge < -0.3 is 10.1 Å². The standard InChI is InChI=1S/C12H22BrN3O/c1-4-7-14-11(6-8-17-5-2)12-10(13)9-15-16(12)3/h9,11,14H,4-8H2,1-3H3. The van der Waals surface area contributed by atoms with Crippen molar-refractivity contribution in [3.63, 3.8) is 0 Å². The van der Waals surface area contributed by atoms with Gasteiger partial charge in [0.05, 0.1) is 22.4 Å². The molecule has 1 aromatic heterocycles. The molecule has 1 N–H and O–H groups in total. The Bertz CT molecular complexity index is 308. The molecule has 0 aliphatic rings. The van der Waals surface area contributed by atoms with Crippen molar-refractivity contribution in [2.45, 2.75) is 32.7 Å². The first-order chi connectivity index (χ1) is 8.20. The maximum absolute atomic E-state index is 5.44. The summed E-state index contributed by atoms with van der Waals surface area (Å²) in [4.78, 5) is 0. The van der Waals surface area contributed by atoms with Crippen LogP contribution in [0, 0.1) is 0 Å². The second-order valence-corrected chi connectivity index (χ2v) is 4.85. The second-order valence-electron chi connectivity index (χ2n) is 3.99. The highest BCUT2D eigenvalue weighted by atomic mass is 79.9. The molecule has 0 amide bonds. The molecule has 0 saturated heterocycles. The number of hydrogen-bond donors (Lipinski definition) is 1. The van der Waals surface area contributed by atoms with Crippen LogP contribution in [-0.2, 0) is 11.8 Å². The average Bonchev–Trinajstić information content (AvgIpc) is 2.64. The third-order valence-electron chi connectivity index (χ3n) is 2.66. The van der Waals surface area contributed by atoms with E-state index in [4.69, 9.17) is 4.74 Å². The van der Waals surface area contributed by atoms with Gasteiger partial charge in [0, 0.05) is 20.3 Å². The van der Waals surface area contributed by atoms with Crippen LogP contribution in [0.5, 0.6) is 0 Å². The van der Waals surface area contributed by atoms with E-state index in [2.05, 4.69) is 33.3 Å². The van der Waals surface area contributed by atoms with Crippen LogP contribution in [0.2, 0.25) is 0 Å². The van der Waals surface area contributed by atoms with Crippen molar-refractivity contribution in [2.75, 3.05) is 19.8 Å². The Balaban J connectivity index is 2.67. The Morgan fingerprint density at radius 2 is 2.29 bits per heavy atom. The fourth-order valence-electron chi connectivity index (χ4n) is 1.81. The van der Waals surface area contributed by atoms with E-state index in [1.54, 1.807) is 0 Å². The molecule has 98 valence electrons. The molecule has 1 aromatic rings. The first-order valence-corrected chi connectivity index (χ1v) is 6.98. The fraction of sp³-hybridized carbons (Fsp3) is 0.750. The molecule has 0 aliphatic carbocycles. The normalized spacial score (nSPS) is 12.9. The van der Waals surface area contributed by atoms with Crippen LogP contribution >= 0.6 is 15.9 Å². The van der Waals surface area contributed by atoms with E-state index in [1.165, 1.54) is 5.69 Å². The van der Waals surface area contributed by atoms with Gasteiger partial charge in [0.15, 0.2) is 0 Å². The predicted molar refractivity (Wildman–Crippen MR) is 73.1 cm³/mol. The SMILES string of the molecule is CCCNC(CCOCC)c1c(Br)cnn1C. The maximum atomic E-state index is 5.44. The molecule has 0 saturated carbocycles. The van der Waals surface area contributed by atoms with Gasteiger partial charge in [0.2, 0.25) is 0 Å². The number of nitrogens with zero attached hydrogens (tertiary/aromatic N) is 2. The summed E-state index contributed by atoms with van der Waals surface area (Å²) in [6, 6.07) is 0.295. The van der Waals surface area contributed by atoms with Crippen LogP contribution in [0.15, 0.2) is 10.7 Å². The zero-order chi connectivity index (χ0) is 12.7. The van der Waals surface area contributed by atoms with Crippen molar-refractivity contribution in [3.8, 4) is 0 Å². The van der Waals surface area contributed by atoms with Crippen LogP contribution in [0.4, 0.5) is 0 Å². The molecule has 0 radical (unpaired) electrons. The lowest BCUT2D eigenvalue weighted by molar-refractivity contribution is 0.135. The Kier molecular flexibility index (Phi) is 6.77. The highest BCUT2D eigenvalue weighted by molar-refractivity contribution is 9.10. The van der Waals surface area contributed by atoms with Crippen molar-refractivity contribution in [1.29, 1.82) is 0 Å². The van der Waals surface area contributed by atoms with Crippen molar-refractivity contribution >= 4 is 15.9 Å². The van der Waals surface area contributed by atoms with Gasteiger partial charge in [-0.2, -0.15) is 5.10 Å². The summed E-state index contributed by atoms with van der Waals surface area (Å²) < 4.78 is 8.42. The van der Waals surface area contributed by atoms with Crippen LogP contribution in [0.1, 0.15) is 38.4 Å². The number of halogens is 1. The molecule has 1 unspecified atom stereocenters. The maximum Gasteiger partial charge on any atom is 0.0693 e. The number of aryl methyl sites for hydroxylation is 1. The monoisotopic (exact) mass is 303 g/mol. The minimum Gasteiger partial charge on any atom is -0.382 e. The topological polar surface area (TPSA) is 39.1 Å². The van der Waals surface area contributed by atoms with Gasteiger partial charge >= 0.3 is 0 Å². The van der Waals surface area contributed by atoms with Crippen LogP contribution in [0.3, 0.4) is 0 Å². The highest BCUT2D eigenvalue weighted by Gasteiger charge is 2.17. The third-order valence-corrected chi connectivity index (χ3v) is 3.27. The Labute approximate surface area is 112 Å². The molecule has 1 atom stereocenters. The summed E-state index contributed by atoms with van der Waals surface area (Å²) >= 11 is 3.55. The summed E-state index contributed by atoms with van der Waals surface area (Å²) in [5.41, 5.74) is 1.19. The summed E-state index contributed by atoms with van der Waals surface area (Å²) in [5.74, 6) is 0. The quantitative estimate of drug-likeness (QED) is 0.751. The van der Waals surface area contributed by atoms with Gasteiger partial charge in [0.1, 0.15) is 0 Å². The Morgan fingerprint density at radius 1 is 1.53 bits per heavy atom. The molecule has 1 heterocycles. The van der Waals surface area contributed by atoms with E-state index in [-0.39, 0.29) is 0 Å². The molecule has 17 heavy (non-hydrogen) atoms. The number of nitrogens with one attached hydrogen (secondary N) is 1. The molecule has 1 rings (SSSR count). The predicted octanol–water partition coefficient (Wildman–Crippen LogP) is 2.65. The van der Waals surface area contributed by atoms with Gasteiger partial charge in [-0.15, -0.1) is 0 Å². The number of ether oxygens (including phenoxy) is 1. The summed E-state index contributed by atoms with van der Waals surface area (Å²) in [6.45, 7) is 6.75. The van der Waals surface area contributed by atoms with E-state index in [1.807, 2.05) is 24.9 Å². The number of rotatable bonds is 8. The minimum atomic E-state index is 0.295. The van der Waals surface area contributed by atoms with Crippen molar-refractivity contribution < 1.29 is 4.74 Å². The van der Waals surface area contributed by atoms with E-state index in [9.17, 15) is 0 Å².